The van der Waals surface area contributed by atoms with Crippen LogP contribution in [0.15, 0.2) is 4.52 Å². The molecular weight excluding hydrogens is 228 g/mol. The second kappa shape index (κ2) is 5.36. The predicted molar refractivity (Wildman–Crippen MR) is 68.1 cm³/mol. The van der Waals surface area contributed by atoms with Crippen LogP contribution in [-0.4, -0.2) is 40.7 Å². The normalized spacial score (nSPS) is 24.0. The summed E-state index contributed by atoms with van der Waals surface area (Å²) < 4.78 is 5.24. The van der Waals surface area contributed by atoms with Crippen LogP contribution in [0.25, 0.3) is 0 Å². The van der Waals surface area contributed by atoms with Crippen LogP contribution in [0.1, 0.15) is 37.4 Å². The Hall–Kier alpha value is -0.940. The Bertz CT molecular complexity index is 382. The van der Waals surface area contributed by atoms with Gasteiger partial charge >= 0.3 is 0 Å². The molecule has 3 rings (SSSR count). The predicted octanol–water partition coefficient (Wildman–Crippen LogP) is 1.34. The van der Waals surface area contributed by atoms with Crippen molar-refractivity contribution in [3.63, 3.8) is 0 Å². The van der Waals surface area contributed by atoms with E-state index in [0.29, 0.717) is 6.04 Å². The minimum Gasteiger partial charge on any atom is -0.338 e. The lowest BCUT2D eigenvalue weighted by atomic mass is 10.2. The highest BCUT2D eigenvalue weighted by atomic mass is 16.5. The Morgan fingerprint density at radius 2 is 2.22 bits per heavy atom. The van der Waals surface area contributed by atoms with Crippen LogP contribution >= 0.6 is 0 Å². The fraction of sp³-hybridized carbons (Fsp3) is 0.846. The van der Waals surface area contributed by atoms with E-state index in [0.717, 1.165) is 30.7 Å². The first-order valence-electron chi connectivity index (χ1n) is 7.04. The number of nitrogens with one attached hydrogen (secondary N) is 1. The van der Waals surface area contributed by atoms with Crippen molar-refractivity contribution in [2.24, 2.45) is 5.92 Å². The van der Waals surface area contributed by atoms with Gasteiger partial charge in [-0.25, -0.2) is 0 Å². The molecule has 5 heteroatoms. The fourth-order valence-corrected chi connectivity index (χ4v) is 2.69. The largest absolute Gasteiger partial charge is 0.338 e. The second-order valence-corrected chi connectivity index (χ2v) is 5.67. The third-order valence-electron chi connectivity index (χ3n) is 3.78. The van der Waals surface area contributed by atoms with Crippen LogP contribution in [0.4, 0.5) is 0 Å². The van der Waals surface area contributed by atoms with Crippen molar-refractivity contribution in [3.05, 3.63) is 11.7 Å². The van der Waals surface area contributed by atoms with Crippen LogP contribution in [0, 0.1) is 12.8 Å². The lowest BCUT2D eigenvalue weighted by Gasteiger charge is -2.24. The first kappa shape index (κ1) is 12.1. The quantitative estimate of drug-likeness (QED) is 0.825. The summed E-state index contributed by atoms with van der Waals surface area (Å²) in [5.41, 5.74) is 0. The maximum atomic E-state index is 5.24. The summed E-state index contributed by atoms with van der Waals surface area (Å²) in [6.07, 6.45) is 5.38. The van der Waals surface area contributed by atoms with Crippen molar-refractivity contribution in [1.82, 2.24) is 20.4 Å². The van der Waals surface area contributed by atoms with Gasteiger partial charge < -0.3 is 9.84 Å². The van der Waals surface area contributed by atoms with E-state index in [2.05, 4.69) is 20.4 Å². The zero-order chi connectivity index (χ0) is 12.4. The molecule has 18 heavy (non-hydrogen) atoms. The van der Waals surface area contributed by atoms with Crippen molar-refractivity contribution >= 4 is 0 Å². The summed E-state index contributed by atoms with van der Waals surface area (Å²) in [5.74, 6) is 2.39. The van der Waals surface area contributed by atoms with Gasteiger partial charge in [0.25, 0.3) is 0 Å². The van der Waals surface area contributed by atoms with Gasteiger partial charge in [0, 0.05) is 19.1 Å². The maximum Gasteiger partial charge on any atom is 0.240 e. The topological polar surface area (TPSA) is 54.2 Å². The van der Waals surface area contributed by atoms with E-state index in [1.165, 1.54) is 38.8 Å². The molecule has 1 N–H and O–H groups in total. The van der Waals surface area contributed by atoms with E-state index in [-0.39, 0.29) is 0 Å². The molecule has 0 spiro atoms. The Kier molecular flexibility index (Phi) is 3.61. The molecule has 1 saturated heterocycles. The SMILES string of the molecule is Cc1noc(CN(CC2CC2)CC2CCCN2)n1. The van der Waals surface area contributed by atoms with Gasteiger partial charge in [-0.3, -0.25) is 4.90 Å². The van der Waals surface area contributed by atoms with Gasteiger partial charge in [0.2, 0.25) is 5.89 Å². The number of hydrogen-bond donors (Lipinski definition) is 1. The van der Waals surface area contributed by atoms with Crippen molar-refractivity contribution in [1.29, 1.82) is 0 Å². The van der Waals surface area contributed by atoms with E-state index in [4.69, 9.17) is 4.52 Å². The highest BCUT2D eigenvalue weighted by Crippen LogP contribution is 2.30. The van der Waals surface area contributed by atoms with Crippen molar-refractivity contribution in [2.45, 2.75) is 45.2 Å². The molecule has 2 fully saturated rings. The van der Waals surface area contributed by atoms with Gasteiger partial charge in [-0.1, -0.05) is 5.16 Å². The van der Waals surface area contributed by atoms with Crippen LogP contribution in [0.2, 0.25) is 0 Å². The van der Waals surface area contributed by atoms with Gasteiger partial charge in [0.05, 0.1) is 6.54 Å². The molecule has 0 radical (unpaired) electrons. The third kappa shape index (κ3) is 3.29. The van der Waals surface area contributed by atoms with Crippen LogP contribution < -0.4 is 5.32 Å². The average molecular weight is 250 g/mol. The summed E-state index contributed by atoms with van der Waals surface area (Å²) >= 11 is 0. The maximum absolute atomic E-state index is 5.24. The molecule has 100 valence electrons. The number of hydrogen-bond acceptors (Lipinski definition) is 5. The minimum atomic E-state index is 0.646. The van der Waals surface area contributed by atoms with Crippen molar-refractivity contribution in [3.8, 4) is 0 Å². The first-order valence-corrected chi connectivity index (χ1v) is 7.04. The molecule has 1 aromatic heterocycles. The van der Waals surface area contributed by atoms with E-state index in [9.17, 15) is 0 Å². The molecule has 5 nitrogen and oxygen atoms in total. The molecule has 1 aliphatic heterocycles. The summed E-state index contributed by atoms with van der Waals surface area (Å²) in [6, 6.07) is 0.646. The standard InChI is InChI=1S/C13H22N4O/c1-10-15-13(18-16-10)9-17(7-11-4-5-11)8-12-3-2-6-14-12/h11-12,14H,2-9H2,1H3. The molecule has 1 aromatic rings. The van der Waals surface area contributed by atoms with Crippen LogP contribution in [-0.2, 0) is 6.54 Å². The highest BCUT2D eigenvalue weighted by Gasteiger charge is 2.27. The zero-order valence-electron chi connectivity index (χ0n) is 11.1. The number of nitrogens with zero attached hydrogens (tertiary/aromatic N) is 3. The molecule has 2 aliphatic rings. The Labute approximate surface area is 108 Å². The molecule has 1 unspecified atom stereocenters. The van der Waals surface area contributed by atoms with Gasteiger partial charge in [0.1, 0.15) is 0 Å². The second-order valence-electron chi connectivity index (χ2n) is 5.67. The summed E-state index contributed by atoms with van der Waals surface area (Å²) in [7, 11) is 0. The van der Waals surface area contributed by atoms with Crippen molar-refractivity contribution < 1.29 is 4.52 Å². The van der Waals surface area contributed by atoms with Crippen molar-refractivity contribution in [2.75, 3.05) is 19.6 Å². The number of aryl methyl sites for hydroxylation is 1. The van der Waals surface area contributed by atoms with E-state index in [1.54, 1.807) is 0 Å². The molecule has 2 heterocycles. The van der Waals surface area contributed by atoms with Crippen LogP contribution in [0.5, 0.6) is 0 Å². The molecule has 0 aromatic carbocycles. The Balaban J connectivity index is 1.57. The average Bonchev–Trinajstić information content (AvgIpc) is 2.84. The summed E-state index contributed by atoms with van der Waals surface area (Å²) in [6.45, 7) is 6.13. The first-order chi connectivity index (χ1) is 8.79. The summed E-state index contributed by atoms with van der Waals surface area (Å²) in [5, 5.41) is 7.43. The highest BCUT2D eigenvalue weighted by molar-refractivity contribution is 4.87. The lowest BCUT2D eigenvalue weighted by Crippen LogP contribution is -2.38. The van der Waals surface area contributed by atoms with Gasteiger partial charge in [0.15, 0.2) is 5.82 Å². The minimum absolute atomic E-state index is 0.646. The Morgan fingerprint density at radius 3 is 2.83 bits per heavy atom. The molecule has 0 bridgehead atoms. The van der Waals surface area contributed by atoms with Crippen LogP contribution in [0.3, 0.4) is 0 Å². The third-order valence-corrected chi connectivity index (χ3v) is 3.78. The number of rotatable bonds is 6. The van der Waals surface area contributed by atoms with E-state index < -0.39 is 0 Å². The summed E-state index contributed by atoms with van der Waals surface area (Å²) in [4.78, 5) is 6.79. The molecular formula is C13H22N4O. The molecule has 1 aliphatic carbocycles. The zero-order valence-corrected chi connectivity index (χ0v) is 11.1. The molecule has 0 amide bonds. The monoisotopic (exact) mass is 250 g/mol. The fourth-order valence-electron chi connectivity index (χ4n) is 2.69. The lowest BCUT2D eigenvalue weighted by molar-refractivity contribution is 0.202. The molecule has 1 atom stereocenters. The van der Waals surface area contributed by atoms with E-state index in [1.807, 2.05) is 6.92 Å². The molecule has 1 saturated carbocycles. The number of aromatic nitrogens is 2. The van der Waals surface area contributed by atoms with E-state index >= 15 is 0 Å². The smallest absolute Gasteiger partial charge is 0.240 e. The Morgan fingerprint density at radius 1 is 1.33 bits per heavy atom. The van der Waals surface area contributed by atoms with Gasteiger partial charge in [-0.05, 0) is 45.1 Å². The van der Waals surface area contributed by atoms with Gasteiger partial charge in [-0.2, -0.15) is 4.98 Å². The van der Waals surface area contributed by atoms with Gasteiger partial charge in [-0.15, -0.1) is 0 Å².